The van der Waals surface area contributed by atoms with Crippen molar-refractivity contribution in [3.05, 3.63) is 43.0 Å². The van der Waals surface area contributed by atoms with Gasteiger partial charge < -0.3 is 4.55 Å². The first-order valence-corrected chi connectivity index (χ1v) is 8.30. The van der Waals surface area contributed by atoms with Crippen LogP contribution in [0.4, 0.5) is 0 Å². The minimum Gasteiger partial charge on any atom is -0.726 e. The van der Waals surface area contributed by atoms with Crippen molar-refractivity contribution in [2.24, 2.45) is 0 Å². The van der Waals surface area contributed by atoms with Crippen molar-refractivity contribution in [1.29, 1.82) is 0 Å². The maximum Gasteiger partial charge on any atom is 1.00 e. The van der Waals surface area contributed by atoms with E-state index in [1.54, 1.807) is 30.3 Å². The van der Waals surface area contributed by atoms with E-state index in [9.17, 15) is 21.4 Å². The number of rotatable bonds is 6. The number of benzene rings is 1. The summed E-state index contributed by atoms with van der Waals surface area (Å²) >= 11 is 0. The van der Waals surface area contributed by atoms with Gasteiger partial charge in [0.05, 0.1) is 11.5 Å². The van der Waals surface area contributed by atoms with E-state index in [1.165, 1.54) is 13.0 Å². The van der Waals surface area contributed by atoms with Crippen LogP contribution in [0.25, 0.3) is 0 Å². The van der Waals surface area contributed by atoms with Crippen LogP contribution in [0.2, 0.25) is 0 Å². The standard InChI is InChI=1S/C9H11NO2S.C2H6O4S.Na/c1-2-8-10-13(11,12)9-6-4-3-5-7-9;1-2-6-7(3,4)5;/h2-7,10H,1,8H2;2H2,1H3,(H,3,4,5);/q;;+1/p-1. The van der Waals surface area contributed by atoms with Gasteiger partial charge in [-0.05, 0) is 19.1 Å². The van der Waals surface area contributed by atoms with E-state index in [4.69, 9.17) is 0 Å². The van der Waals surface area contributed by atoms with Crippen molar-refractivity contribution in [3.8, 4) is 0 Å². The molecular weight excluding hydrogens is 329 g/mol. The molecule has 0 aromatic heterocycles. The van der Waals surface area contributed by atoms with Gasteiger partial charge in [-0.15, -0.1) is 6.58 Å². The van der Waals surface area contributed by atoms with Crippen LogP contribution < -0.4 is 34.3 Å². The molecule has 0 bridgehead atoms. The fourth-order valence-corrected chi connectivity index (χ4v) is 2.30. The molecule has 21 heavy (non-hydrogen) atoms. The van der Waals surface area contributed by atoms with E-state index >= 15 is 0 Å². The Morgan fingerprint density at radius 1 is 1.24 bits per heavy atom. The van der Waals surface area contributed by atoms with Gasteiger partial charge >= 0.3 is 29.6 Å². The van der Waals surface area contributed by atoms with E-state index in [0.29, 0.717) is 0 Å². The molecule has 1 N–H and O–H groups in total. The van der Waals surface area contributed by atoms with Crippen molar-refractivity contribution in [2.45, 2.75) is 11.8 Å². The molecule has 10 heteroatoms. The topological polar surface area (TPSA) is 113 Å². The van der Waals surface area contributed by atoms with Gasteiger partial charge in [-0.3, -0.25) is 4.18 Å². The van der Waals surface area contributed by atoms with Crippen LogP contribution in [0.3, 0.4) is 0 Å². The Bertz CT molecular complexity index is 601. The molecule has 7 nitrogen and oxygen atoms in total. The average molecular weight is 345 g/mol. The first-order chi connectivity index (χ1) is 9.23. The molecule has 114 valence electrons. The van der Waals surface area contributed by atoms with Crippen molar-refractivity contribution in [1.82, 2.24) is 4.72 Å². The largest absolute Gasteiger partial charge is 1.00 e. The van der Waals surface area contributed by atoms with Crippen LogP contribution in [-0.4, -0.2) is 34.5 Å². The third-order valence-electron chi connectivity index (χ3n) is 1.73. The fraction of sp³-hybridized carbons (Fsp3) is 0.273. The van der Waals surface area contributed by atoms with Crippen LogP contribution in [0, 0.1) is 0 Å². The van der Waals surface area contributed by atoms with Crippen molar-refractivity contribution >= 4 is 20.4 Å². The molecule has 0 aliphatic rings. The summed E-state index contributed by atoms with van der Waals surface area (Å²) in [7, 11) is -7.77. The smallest absolute Gasteiger partial charge is 0.726 e. The van der Waals surface area contributed by atoms with Crippen molar-refractivity contribution < 1.29 is 55.1 Å². The Kier molecular flexibility index (Phi) is 12.4. The summed E-state index contributed by atoms with van der Waals surface area (Å²) in [5.41, 5.74) is 0. The molecule has 1 rings (SSSR count). The molecule has 0 aliphatic heterocycles. The van der Waals surface area contributed by atoms with E-state index in [1.807, 2.05) is 0 Å². The molecule has 0 aliphatic carbocycles. The molecule has 0 heterocycles. The van der Waals surface area contributed by atoms with Crippen LogP contribution in [0.1, 0.15) is 6.92 Å². The number of hydrogen-bond donors (Lipinski definition) is 1. The molecule has 0 atom stereocenters. The van der Waals surface area contributed by atoms with Crippen LogP contribution >= 0.6 is 0 Å². The fourth-order valence-electron chi connectivity index (χ4n) is 0.996. The quantitative estimate of drug-likeness (QED) is 0.267. The van der Waals surface area contributed by atoms with E-state index in [-0.39, 0.29) is 47.6 Å². The number of nitrogens with one attached hydrogen (secondary N) is 1. The second kappa shape index (κ2) is 11.3. The van der Waals surface area contributed by atoms with Crippen LogP contribution in [0.5, 0.6) is 0 Å². The molecule has 0 amide bonds. The summed E-state index contributed by atoms with van der Waals surface area (Å²) in [5, 5.41) is 0. The molecule has 1 aromatic carbocycles. The second-order valence-electron chi connectivity index (χ2n) is 3.27. The van der Waals surface area contributed by atoms with Gasteiger partial charge in [0.25, 0.3) is 0 Å². The Hall–Kier alpha value is -0.260. The molecule has 0 saturated carbocycles. The summed E-state index contributed by atoms with van der Waals surface area (Å²) < 4.78 is 57.2. The normalized spacial score (nSPS) is 10.8. The Morgan fingerprint density at radius 2 is 1.76 bits per heavy atom. The zero-order valence-electron chi connectivity index (χ0n) is 11.9. The first-order valence-electron chi connectivity index (χ1n) is 5.48. The predicted octanol–water partition coefficient (Wildman–Crippen LogP) is -2.36. The van der Waals surface area contributed by atoms with Crippen molar-refractivity contribution in [3.63, 3.8) is 0 Å². The molecule has 0 unspecified atom stereocenters. The summed E-state index contributed by atoms with van der Waals surface area (Å²) in [6.07, 6.45) is 1.50. The first kappa shape index (κ1) is 23.0. The van der Waals surface area contributed by atoms with E-state index in [0.717, 1.165) is 0 Å². The molecule has 0 spiro atoms. The molecule has 0 radical (unpaired) electrons. The summed E-state index contributed by atoms with van der Waals surface area (Å²) in [6.45, 7) is 5.01. The Labute approximate surface area is 147 Å². The van der Waals surface area contributed by atoms with Gasteiger partial charge in [-0.2, -0.15) is 0 Å². The SMILES string of the molecule is C=CCNS(=O)(=O)c1ccccc1.CCOS(=O)(=O)[O-].[Na+]. The third-order valence-corrected chi connectivity index (χ3v) is 3.70. The van der Waals surface area contributed by atoms with Gasteiger partial charge in [0.15, 0.2) is 0 Å². The van der Waals surface area contributed by atoms with Gasteiger partial charge in [0.2, 0.25) is 20.4 Å². The van der Waals surface area contributed by atoms with E-state index in [2.05, 4.69) is 15.5 Å². The maximum absolute atomic E-state index is 11.4. The van der Waals surface area contributed by atoms with Crippen molar-refractivity contribution in [2.75, 3.05) is 13.2 Å². The van der Waals surface area contributed by atoms with Crippen LogP contribution in [0.15, 0.2) is 47.9 Å². The van der Waals surface area contributed by atoms with Gasteiger partial charge in [0, 0.05) is 6.54 Å². The Morgan fingerprint density at radius 3 is 2.10 bits per heavy atom. The van der Waals surface area contributed by atoms with Gasteiger partial charge in [0.1, 0.15) is 0 Å². The molecule has 0 saturated heterocycles. The Balaban J connectivity index is 0. The minimum atomic E-state index is -4.42. The average Bonchev–Trinajstić information content (AvgIpc) is 2.37. The summed E-state index contributed by atoms with van der Waals surface area (Å²) in [5.74, 6) is 0. The summed E-state index contributed by atoms with van der Waals surface area (Å²) in [4.78, 5) is 0.275. The molecular formula is C11H16NNaO6S2. The summed E-state index contributed by atoms with van der Waals surface area (Å²) in [6, 6.07) is 8.23. The third kappa shape index (κ3) is 12.0. The van der Waals surface area contributed by atoms with E-state index < -0.39 is 20.4 Å². The second-order valence-corrected chi connectivity index (χ2v) is 6.09. The van der Waals surface area contributed by atoms with Gasteiger partial charge in [-0.1, -0.05) is 24.3 Å². The zero-order chi connectivity index (χ0) is 15.6. The monoisotopic (exact) mass is 345 g/mol. The molecule has 0 fully saturated rings. The molecule has 1 aromatic rings. The number of sulfonamides is 1. The van der Waals surface area contributed by atoms with Gasteiger partial charge in [-0.25, -0.2) is 21.6 Å². The van der Waals surface area contributed by atoms with Crippen LogP contribution in [-0.2, 0) is 24.6 Å². The minimum absolute atomic E-state index is 0. The number of hydrogen-bond acceptors (Lipinski definition) is 6. The predicted molar refractivity (Wildman–Crippen MR) is 73.2 cm³/mol. The maximum atomic E-state index is 11.4. The zero-order valence-corrected chi connectivity index (χ0v) is 15.5.